The fourth-order valence-corrected chi connectivity index (χ4v) is 43.8. The summed E-state index contributed by atoms with van der Waals surface area (Å²) in [5, 5.41) is 14.7. The van der Waals surface area contributed by atoms with E-state index in [9.17, 15) is 0 Å². The fourth-order valence-electron chi connectivity index (χ4n) is 9.15. The van der Waals surface area contributed by atoms with Crippen molar-refractivity contribution in [1.82, 2.24) is 0 Å². The van der Waals surface area contributed by atoms with E-state index < -0.39 is 61.1 Å². The molecule has 0 bridgehead atoms. The molecule has 0 spiro atoms. The Morgan fingerprint density at radius 2 is 0.520 bits per heavy atom. The molecule has 0 radical (unpaired) electrons. The molecule has 0 unspecified atom stereocenters. The summed E-state index contributed by atoms with van der Waals surface area (Å²) in [7, 11) is -17.1. The van der Waals surface area contributed by atoms with Crippen LogP contribution in [0.4, 0.5) is 0 Å². The summed E-state index contributed by atoms with van der Waals surface area (Å²) in [4.78, 5) is 0. The van der Waals surface area contributed by atoms with Gasteiger partial charge in [-0.2, -0.15) is 5.17 Å². The molecule has 0 saturated heterocycles. The fraction of sp³-hybridized carbons (Fsp3) is 0.194. The van der Waals surface area contributed by atoms with E-state index in [1.165, 1.54) is 42.4 Å². The van der Waals surface area contributed by atoms with Gasteiger partial charge in [-0.1, -0.05) is 351 Å². The molecule has 0 amide bonds. The minimum absolute atomic E-state index is 0. The Bertz CT molecular complexity index is 3000. The van der Waals surface area contributed by atoms with Crippen molar-refractivity contribution in [3.63, 3.8) is 0 Å². The first-order valence-corrected chi connectivity index (χ1v) is 46.6. The SMILES string of the molecule is C[Si](C)(C)N=P(C=P([N-][Si](C)(C)C)(c1ccccc1)c1ccccc1)(c1ccccc1)c1ccccc1.C[Si](C)(C)[N-]P(=C=P([N-][Si](C)(C)C)(c1ccccc1)c1ccccc1)(c1ccccc1)c1ccccc1.[Tb+3]. The van der Waals surface area contributed by atoms with Crippen molar-refractivity contribution in [2.75, 3.05) is 0 Å². The van der Waals surface area contributed by atoms with E-state index in [1.54, 1.807) is 0 Å². The van der Waals surface area contributed by atoms with Gasteiger partial charge in [-0.3, -0.25) is 0 Å². The van der Waals surface area contributed by atoms with Gasteiger partial charge < -0.3 is 18.7 Å². The number of rotatable bonds is 16. The molecule has 8 aromatic carbocycles. The van der Waals surface area contributed by atoms with Crippen LogP contribution < -0.4 is 42.4 Å². The third-order valence-corrected chi connectivity index (χ3v) is 39.6. The third kappa shape index (κ3) is 16.1. The Labute approximate surface area is 488 Å². The predicted molar refractivity (Wildman–Crippen MR) is 353 cm³/mol. The van der Waals surface area contributed by atoms with Gasteiger partial charge in [-0.05, 0) is 42.4 Å². The van der Waals surface area contributed by atoms with E-state index in [0.717, 1.165) is 0 Å². The molecule has 0 N–H and O–H groups in total. The number of hydrogen-bond donors (Lipinski definition) is 0. The number of benzene rings is 8. The van der Waals surface area contributed by atoms with Crippen molar-refractivity contribution in [3.8, 4) is 0 Å². The minimum Gasteiger partial charge on any atom is -0.631 e. The second kappa shape index (κ2) is 26.3. The second-order valence-corrected chi connectivity index (χ2v) is 54.3. The summed E-state index contributed by atoms with van der Waals surface area (Å²) in [6.07, 6.45) is 0. The van der Waals surface area contributed by atoms with Crippen LogP contribution in [0.15, 0.2) is 247 Å². The van der Waals surface area contributed by atoms with Gasteiger partial charge in [0, 0.05) is 7.05 Å². The summed E-state index contributed by atoms with van der Waals surface area (Å²) >= 11 is 0. The van der Waals surface area contributed by atoms with E-state index in [2.05, 4.69) is 332 Å². The largest absolute Gasteiger partial charge is 3.00 e. The summed E-state index contributed by atoms with van der Waals surface area (Å²) in [6, 6.07) is 87.8. The van der Waals surface area contributed by atoms with Crippen molar-refractivity contribution in [3.05, 3.63) is 257 Å². The molecule has 0 saturated carbocycles. The van der Waals surface area contributed by atoms with E-state index >= 15 is 0 Å². The quantitative estimate of drug-likeness (QED) is 0.0684. The predicted octanol–water partition coefficient (Wildman–Crippen LogP) is 16.4. The van der Waals surface area contributed by atoms with Gasteiger partial charge in [-0.25, -0.2) is 0 Å². The van der Waals surface area contributed by atoms with Gasteiger partial charge in [0.2, 0.25) is 0 Å². The van der Waals surface area contributed by atoms with Gasteiger partial charge in [0.05, 0.1) is 0 Å². The molecule has 4 nitrogen and oxygen atoms in total. The molecule has 0 atom stereocenters. The normalized spacial score (nSPS) is 12.5. The van der Waals surface area contributed by atoms with Crippen LogP contribution in [-0.2, 0) is 0 Å². The molecule has 0 aliphatic heterocycles. The van der Waals surface area contributed by atoms with Gasteiger partial charge in [-0.15, -0.1) is 21.1 Å². The van der Waals surface area contributed by atoms with Crippen molar-refractivity contribution >= 4 is 114 Å². The number of hydrogen-bond acceptors (Lipinski definition) is 1. The van der Waals surface area contributed by atoms with Crippen molar-refractivity contribution in [1.29, 1.82) is 0 Å². The molecule has 0 aromatic heterocycles. The Balaban J connectivity index is 0.000000241. The Hall–Kier alpha value is -3.04. The van der Waals surface area contributed by atoms with E-state index in [-0.39, 0.29) is 38.6 Å². The molecule has 0 heterocycles. The van der Waals surface area contributed by atoms with Crippen LogP contribution >= 0.6 is 28.2 Å². The molecule has 0 fully saturated rings. The smallest absolute Gasteiger partial charge is 0.631 e. The van der Waals surface area contributed by atoms with Crippen LogP contribution in [0, 0.1) is 38.6 Å². The first kappa shape index (κ1) is 61.2. The molecule has 13 heteroatoms. The van der Waals surface area contributed by atoms with Gasteiger partial charge in [0.25, 0.3) is 0 Å². The average molecular weight is 1270 g/mol. The summed E-state index contributed by atoms with van der Waals surface area (Å²) in [5.41, 5.74) is 2.69. The second-order valence-electron chi connectivity index (χ2n) is 22.6. The molecule has 0 aliphatic rings. The maximum Gasteiger partial charge on any atom is 3.00 e. The van der Waals surface area contributed by atoms with Crippen LogP contribution in [0.1, 0.15) is 0 Å². The summed E-state index contributed by atoms with van der Waals surface area (Å²) in [6.45, 7) is 28.2. The Kier molecular flexibility index (Phi) is 21.4. The van der Waals surface area contributed by atoms with Gasteiger partial charge in [0.15, 0.2) is 8.24 Å². The maximum absolute atomic E-state index is 5.92. The van der Waals surface area contributed by atoms with E-state index in [4.69, 9.17) is 18.7 Å². The molecule has 75 heavy (non-hydrogen) atoms. The zero-order chi connectivity index (χ0) is 53.1. The monoisotopic (exact) mass is 1270 g/mol. The maximum atomic E-state index is 5.92. The Morgan fingerprint density at radius 1 is 0.307 bits per heavy atom. The van der Waals surface area contributed by atoms with E-state index in [0.29, 0.717) is 0 Å². The van der Waals surface area contributed by atoms with Gasteiger partial charge in [0.1, 0.15) is 0 Å². The van der Waals surface area contributed by atoms with Crippen LogP contribution in [0.3, 0.4) is 0 Å². The molecule has 8 aromatic rings. The first-order chi connectivity index (χ1) is 35.1. The zero-order valence-electron chi connectivity index (χ0n) is 46.1. The zero-order valence-corrected chi connectivity index (χ0v) is 55.8. The van der Waals surface area contributed by atoms with Crippen molar-refractivity contribution in [2.24, 2.45) is 4.41 Å². The molecule has 8 rings (SSSR count). The minimum atomic E-state index is -2.45. The van der Waals surface area contributed by atoms with Crippen LogP contribution in [-0.4, -0.2) is 43.7 Å². The van der Waals surface area contributed by atoms with Crippen LogP contribution in [0.5, 0.6) is 0 Å². The molecule has 390 valence electrons. The van der Waals surface area contributed by atoms with Crippen LogP contribution in [0.2, 0.25) is 78.6 Å². The Morgan fingerprint density at radius 3 is 0.733 bits per heavy atom. The molecular formula is C62H77N4P4Si4Tb. The van der Waals surface area contributed by atoms with Gasteiger partial charge >= 0.3 is 38.6 Å². The van der Waals surface area contributed by atoms with Crippen molar-refractivity contribution < 1.29 is 38.6 Å². The van der Waals surface area contributed by atoms with Crippen molar-refractivity contribution in [2.45, 2.75) is 78.6 Å². The molecular weight excluding hydrogens is 1200 g/mol. The number of nitrogens with zero attached hydrogens (tertiary/aromatic N) is 4. The topological polar surface area (TPSA) is 54.7 Å². The summed E-state index contributed by atoms with van der Waals surface area (Å²) < 4.78 is 23.6. The standard InChI is InChI=1S/C31H39N2P2Si2.C31H38N2P2Si2.Tb/c2*1-36(2,3)32-34(28-19-11-7-12-20-28,29-21-13-8-14-22-29)27-35(33-37(4,5)6,30-23-15-9-16-24-30)31-25-17-10-18-26-31;/h7-27H,1-6H3;7-26H,1-6H3;/q-1;-2;+3. The average Bonchev–Trinajstić information content (AvgIpc) is 3.38. The summed E-state index contributed by atoms with van der Waals surface area (Å²) in [5.74, 6) is 0. The molecule has 0 aliphatic carbocycles. The third-order valence-electron chi connectivity index (χ3n) is 11.6. The van der Waals surface area contributed by atoms with Crippen LogP contribution in [0.25, 0.3) is 14.3 Å². The van der Waals surface area contributed by atoms with E-state index in [1.807, 2.05) is 0 Å². The first-order valence-electron chi connectivity index (χ1n) is 25.7.